The molecule has 0 aliphatic rings. The molecule has 0 spiro atoms. The number of nitrogens with zero attached hydrogens (tertiary/aromatic N) is 1. The summed E-state index contributed by atoms with van der Waals surface area (Å²) in [6.07, 6.45) is 1.21. The number of aromatic nitrogens is 1. The molecule has 2 aromatic rings. The Hall–Kier alpha value is -2.56. The van der Waals surface area contributed by atoms with Gasteiger partial charge in [0, 0.05) is 23.0 Å². The molecule has 0 unspecified atom stereocenters. The van der Waals surface area contributed by atoms with Crippen molar-refractivity contribution in [1.29, 1.82) is 0 Å². The van der Waals surface area contributed by atoms with Crippen LogP contribution in [0.3, 0.4) is 0 Å². The first-order valence-electron chi connectivity index (χ1n) is 7.01. The van der Waals surface area contributed by atoms with Gasteiger partial charge < -0.3 is 9.47 Å². The van der Waals surface area contributed by atoms with Crippen molar-refractivity contribution < 1.29 is 14.3 Å². The summed E-state index contributed by atoms with van der Waals surface area (Å²) in [5, 5.41) is 2.72. The maximum Gasteiger partial charge on any atom is 0.412 e. The smallest absolute Gasteiger partial charge is 0.412 e. The first-order valence-corrected chi connectivity index (χ1v) is 7.01. The van der Waals surface area contributed by atoms with Crippen LogP contribution < -0.4 is 10.1 Å². The van der Waals surface area contributed by atoms with Crippen molar-refractivity contribution in [2.24, 2.45) is 0 Å². The van der Waals surface area contributed by atoms with E-state index in [9.17, 15) is 4.79 Å². The molecule has 116 valence electrons. The van der Waals surface area contributed by atoms with Crippen LogP contribution in [0.25, 0.3) is 0 Å². The Balaban J connectivity index is 2.01. The van der Waals surface area contributed by atoms with Gasteiger partial charge in [-0.15, -0.1) is 0 Å². The molecular weight excluding hydrogens is 280 g/mol. The zero-order valence-corrected chi connectivity index (χ0v) is 13.3. The lowest BCUT2D eigenvalue weighted by Crippen LogP contribution is -2.15. The third-order valence-corrected chi connectivity index (χ3v) is 3.47. The number of anilines is 1. The quantitative estimate of drug-likeness (QED) is 0.934. The number of nitrogens with one attached hydrogen (secondary N) is 1. The Morgan fingerprint density at radius 3 is 2.59 bits per heavy atom. The van der Waals surface area contributed by atoms with E-state index < -0.39 is 6.09 Å². The number of methoxy groups -OCH3 is 1. The minimum Gasteiger partial charge on any atom is -0.496 e. The third kappa shape index (κ3) is 3.55. The predicted octanol–water partition coefficient (Wildman–Crippen LogP) is 3.76. The Morgan fingerprint density at radius 1 is 1.18 bits per heavy atom. The minimum atomic E-state index is -0.505. The highest BCUT2D eigenvalue weighted by atomic mass is 16.5. The van der Waals surface area contributed by atoms with Crippen molar-refractivity contribution in [3.8, 4) is 5.75 Å². The van der Waals surface area contributed by atoms with Gasteiger partial charge in [-0.1, -0.05) is 18.2 Å². The van der Waals surface area contributed by atoms with Gasteiger partial charge in [0.05, 0.1) is 12.8 Å². The first kappa shape index (κ1) is 15.8. The van der Waals surface area contributed by atoms with Crippen LogP contribution in [0.1, 0.15) is 22.4 Å². The van der Waals surface area contributed by atoms with Crippen molar-refractivity contribution in [2.75, 3.05) is 12.4 Å². The molecule has 0 aliphatic heterocycles. The fourth-order valence-corrected chi connectivity index (χ4v) is 2.21. The molecule has 1 heterocycles. The fourth-order valence-electron chi connectivity index (χ4n) is 2.21. The maximum atomic E-state index is 11.9. The van der Waals surface area contributed by atoms with Gasteiger partial charge in [-0.25, -0.2) is 4.79 Å². The van der Waals surface area contributed by atoms with Gasteiger partial charge in [-0.3, -0.25) is 10.3 Å². The third-order valence-electron chi connectivity index (χ3n) is 3.47. The zero-order valence-electron chi connectivity index (χ0n) is 13.3. The second-order valence-corrected chi connectivity index (χ2v) is 5.06. The van der Waals surface area contributed by atoms with Crippen LogP contribution in [0.15, 0.2) is 30.5 Å². The molecule has 0 saturated heterocycles. The minimum absolute atomic E-state index is 0.0974. The SMILES string of the molecule is COc1c(C)cnc(COC(=O)Nc2ccccc2C)c1C. The van der Waals surface area contributed by atoms with Gasteiger partial charge in [-0.2, -0.15) is 0 Å². The van der Waals surface area contributed by atoms with Crippen molar-refractivity contribution in [1.82, 2.24) is 4.98 Å². The van der Waals surface area contributed by atoms with Crippen molar-refractivity contribution in [3.05, 3.63) is 52.8 Å². The van der Waals surface area contributed by atoms with E-state index in [0.717, 1.165) is 28.1 Å². The summed E-state index contributed by atoms with van der Waals surface area (Å²) in [5.41, 5.74) is 4.23. The molecule has 5 heteroatoms. The largest absolute Gasteiger partial charge is 0.496 e. The number of rotatable bonds is 4. The average Bonchev–Trinajstić information content (AvgIpc) is 2.49. The lowest BCUT2D eigenvalue weighted by atomic mass is 10.1. The first-order chi connectivity index (χ1) is 10.5. The second kappa shape index (κ2) is 6.93. The van der Waals surface area contributed by atoms with E-state index in [0.29, 0.717) is 5.69 Å². The van der Waals surface area contributed by atoms with Gasteiger partial charge in [0.25, 0.3) is 0 Å². The molecule has 0 radical (unpaired) electrons. The summed E-state index contributed by atoms with van der Waals surface area (Å²) < 4.78 is 10.6. The van der Waals surface area contributed by atoms with Gasteiger partial charge in [0.15, 0.2) is 0 Å². The normalized spacial score (nSPS) is 10.2. The molecule has 0 atom stereocenters. The van der Waals surface area contributed by atoms with Gasteiger partial charge in [-0.05, 0) is 32.4 Å². The molecule has 0 fully saturated rings. The Kier molecular flexibility index (Phi) is 4.99. The van der Waals surface area contributed by atoms with Crippen LogP contribution in [-0.4, -0.2) is 18.2 Å². The molecule has 0 bridgehead atoms. The number of carbonyl (C=O) groups excluding carboxylic acids is 1. The molecule has 2 rings (SSSR count). The predicted molar refractivity (Wildman–Crippen MR) is 85.2 cm³/mol. The van der Waals surface area contributed by atoms with Crippen LogP contribution in [-0.2, 0) is 11.3 Å². The van der Waals surface area contributed by atoms with E-state index in [4.69, 9.17) is 9.47 Å². The maximum absolute atomic E-state index is 11.9. The van der Waals surface area contributed by atoms with E-state index in [2.05, 4.69) is 10.3 Å². The molecule has 1 amide bonds. The molecule has 1 aromatic carbocycles. The fraction of sp³-hybridized carbons (Fsp3) is 0.294. The van der Waals surface area contributed by atoms with Gasteiger partial charge in [0.2, 0.25) is 0 Å². The van der Waals surface area contributed by atoms with E-state index in [1.807, 2.05) is 45.0 Å². The summed E-state index contributed by atoms with van der Waals surface area (Å²) in [4.78, 5) is 16.2. The number of ether oxygens (including phenoxy) is 2. The molecule has 0 aliphatic carbocycles. The highest BCUT2D eigenvalue weighted by Gasteiger charge is 2.12. The number of para-hydroxylation sites is 1. The number of benzene rings is 1. The average molecular weight is 300 g/mol. The van der Waals surface area contributed by atoms with Crippen LogP contribution in [0.2, 0.25) is 0 Å². The zero-order chi connectivity index (χ0) is 16.1. The standard InChI is InChI=1S/C17H20N2O3/c1-11-7-5-6-8-14(11)19-17(20)22-10-15-13(3)16(21-4)12(2)9-18-15/h5-9H,10H2,1-4H3,(H,19,20). The van der Waals surface area contributed by atoms with Crippen molar-refractivity contribution in [3.63, 3.8) is 0 Å². The molecule has 1 aromatic heterocycles. The summed E-state index contributed by atoms with van der Waals surface area (Å²) in [5.74, 6) is 0.771. The topological polar surface area (TPSA) is 60.5 Å². The van der Waals surface area contributed by atoms with E-state index >= 15 is 0 Å². The number of hydrogen-bond acceptors (Lipinski definition) is 4. The van der Waals surface area contributed by atoms with E-state index in [1.54, 1.807) is 13.3 Å². The highest BCUT2D eigenvalue weighted by Crippen LogP contribution is 2.24. The molecule has 22 heavy (non-hydrogen) atoms. The highest BCUT2D eigenvalue weighted by molar-refractivity contribution is 5.85. The molecule has 5 nitrogen and oxygen atoms in total. The number of pyridine rings is 1. The number of amides is 1. The van der Waals surface area contributed by atoms with Crippen LogP contribution in [0, 0.1) is 20.8 Å². The Morgan fingerprint density at radius 2 is 1.91 bits per heavy atom. The number of carbonyl (C=O) groups is 1. The van der Waals surface area contributed by atoms with Crippen molar-refractivity contribution in [2.45, 2.75) is 27.4 Å². The summed E-state index contributed by atoms with van der Waals surface area (Å²) >= 11 is 0. The summed E-state index contributed by atoms with van der Waals surface area (Å²) in [7, 11) is 1.62. The van der Waals surface area contributed by atoms with Gasteiger partial charge >= 0.3 is 6.09 Å². The summed E-state index contributed by atoms with van der Waals surface area (Å²) in [6.45, 7) is 5.84. The molecule has 1 N–H and O–H groups in total. The summed E-state index contributed by atoms with van der Waals surface area (Å²) in [6, 6.07) is 7.53. The van der Waals surface area contributed by atoms with E-state index in [-0.39, 0.29) is 6.61 Å². The monoisotopic (exact) mass is 300 g/mol. The van der Waals surface area contributed by atoms with Gasteiger partial charge in [0.1, 0.15) is 12.4 Å². The van der Waals surface area contributed by atoms with Crippen molar-refractivity contribution >= 4 is 11.8 Å². The lowest BCUT2D eigenvalue weighted by molar-refractivity contribution is 0.153. The van der Waals surface area contributed by atoms with Crippen LogP contribution in [0.4, 0.5) is 10.5 Å². The van der Waals surface area contributed by atoms with E-state index in [1.165, 1.54) is 0 Å². The van der Waals surface area contributed by atoms with Crippen LogP contribution in [0.5, 0.6) is 5.75 Å². The Bertz CT molecular complexity index is 684. The van der Waals surface area contributed by atoms with Crippen LogP contribution >= 0.6 is 0 Å². The second-order valence-electron chi connectivity index (χ2n) is 5.06. The number of aryl methyl sites for hydroxylation is 2. The molecular formula is C17H20N2O3. The molecule has 0 saturated carbocycles. The Labute approximate surface area is 130 Å². The lowest BCUT2D eigenvalue weighted by Gasteiger charge is -2.13. The number of hydrogen-bond donors (Lipinski definition) is 1.